The third kappa shape index (κ3) is 4.00. The average molecular weight is 331 g/mol. The van der Waals surface area contributed by atoms with Crippen molar-refractivity contribution in [2.75, 3.05) is 27.4 Å². The molecule has 0 bridgehead atoms. The minimum atomic E-state index is -0.267. The van der Waals surface area contributed by atoms with Crippen LogP contribution in [0.25, 0.3) is 0 Å². The number of halogens is 1. The predicted molar refractivity (Wildman–Crippen MR) is 75.1 cm³/mol. The van der Waals surface area contributed by atoms with E-state index in [2.05, 4.69) is 22.0 Å². The molecule has 1 fully saturated rings. The van der Waals surface area contributed by atoms with E-state index >= 15 is 0 Å². The molecule has 5 heteroatoms. The van der Waals surface area contributed by atoms with Crippen molar-refractivity contribution < 1.29 is 18.9 Å². The van der Waals surface area contributed by atoms with E-state index in [1.807, 2.05) is 18.2 Å². The SMILES string of the molecule is CO[C@H]1COC(Cc2ccccc2Br)OC[C@@H]1OC. The van der Waals surface area contributed by atoms with E-state index in [9.17, 15) is 0 Å². The molecule has 1 saturated heterocycles. The van der Waals surface area contributed by atoms with Gasteiger partial charge in [0.25, 0.3) is 0 Å². The topological polar surface area (TPSA) is 36.9 Å². The lowest BCUT2D eigenvalue weighted by molar-refractivity contribution is -0.133. The number of hydrogen-bond donors (Lipinski definition) is 0. The zero-order valence-electron chi connectivity index (χ0n) is 11.2. The van der Waals surface area contributed by atoms with E-state index in [0.717, 1.165) is 10.0 Å². The van der Waals surface area contributed by atoms with Crippen LogP contribution < -0.4 is 0 Å². The molecule has 0 aliphatic carbocycles. The smallest absolute Gasteiger partial charge is 0.161 e. The van der Waals surface area contributed by atoms with Crippen molar-refractivity contribution in [1.82, 2.24) is 0 Å². The van der Waals surface area contributed by atoms with Crippen LogP contribution in [0.1, 0.15) is 5.56 Å². The van der Waals surface area contributed by atoms with Gasteiger partial charge >= 0.3 is 0 Å². The summed E-state index contributed by atoms with van der Waals surface area (Å²) in [6, 6.07) is 8.07. The van der Waals surface area contributed by atoms with Crippen LogP contribution in [0.2, 0.25) is 0 Å². The van der Waals surface area contributed by atoms with Crippen LogP contribution >= 0.6 is 15.9 Å². The van der Waals surface area contributed by atoms with Gasteiger partial charge in [0, 0.05) is 25.1 Å². The van der Waals surface area contributed by atoms with Gasteiger partial charge in [-0.05, 0) is 11.6 Å². The van der Waals surface area contributed by atoms with E-state index in [1.54, 1.807) is 14.2 Å². The second kappa shape index (κ2) is 7.36. The highest BCUT2D eigenvalue weighted by molar-refractivity contribution is 9.10. The predicted octanol–water partition coefficient (Wildman–Crippen LogP) is 2.39. The summed E-state index contributed by atoms with van der Waals surface area (Å²) >= 11 is 3.53. The summed E-state index contributed by atoms with van der Waals surface area (Å²) < 4.78 is 23.3. The molecule has 19 heavy (non-hydrogen) atoms. The molecule has 1 aliphatic heterocycles. The molecule has 1 heterocycles. The van der Waals surface area contributed by atoms with Crippen LogP contribution in [0.5, 0.6) is 0 Å². The molecule has 2 atom stereocenters. The van der Waals surface area contributed by atoms with Gasteiger partial charge in [-0.15, -0.1) is 0 Å². The molecule has 106 valence electrons. The summed E-state index contributed by atoms with van der Waals surface area (Å²) in [6.45, 7) is 0.953. The summed E-state index contributed by atoms with van der Waals surface area (Å²) in [5.41, 5.74) is 1.16. The Morgan fingerprint density at radius 1 is 1.11 bits per heavy atom. The molecular weight excluding hydrogens is 312 g/mol. The van der Waals surface area contributed by atoms with Gasteiger partial charge in [-0.3, -0.25) is 0 Å². The molecule has 0 amide bonds. The van der Waals surface area contributed by atoms with Crippen LogP contribution in [0, 0.1) is 0 Å². The summed E-state index contributed by atoms with van der Waals surface area (Å²) in [7, 11) is 3.32. The zero-order valence-corrected chi connectivity index (χ0v) is 12.8. The van der Waals surface area contributed by atoms with Gasteiger partial charge in [-0.2, -0.15) is 0 Å². The van der Waals surface area contributed by atoms with Crippen LogP contribution in [-0.2, 0) is 25.4 Å². The van der Waals surface area contributed by atoms with Crippen LogP contribution in [0.15, 0.2) is 28.7 Å². The van der Waals surface area contributed by atoms with E-state index in [-0.39, 0.29) is 18.5 Å². The largest absolute Gasteiger partial charge is 0.376 e. The summed E-state index contributed by atoms with van der Waals surface area (Å²) in [4.78, 5) is 0. The Kier molecular flexibility index (Phi) is 5.78. The molecule has 0 aromatic heterocycles. The molecule has 4 nitrogen and oxygen atoms in total. The lowest BCUT2D eigenvalue weighted by Crippen LogP contribution is -2.34. The Labute approximate surface area is 122 Å². The van der Waals surface area contributed by atoms with Crippen molar-refractivity contribution in [1.29, 1.82) is 0 Å². The zero-order chi connectivity index (χ0) is 13.7. The van der Waals surface area contributed by atoms with Crippen molar-refractivity contribution in [3.8, 4) is 0 Å². The third-order valence-corrected chi connectivity index (χ3v) is 4.03. The van der Waals surface area contributed by atoms with Gasteiger partial charge in [0.15, 0.2) is 6.29 Å². The Bertz CT molecular complexity index is 385. The number of rotatable bonds is 4. The molecule has 2 rings (SSSR count). The Hall–Kier alpha value is -0.460. The van der Waals surface area contributed by atoms with Crippen LogP contribution in [-0.4, -0.2) is 45.9 Å². The maximum Gasteiger partial charge on any atom is 0.161 e. The summed E-state index contributed by atoms with van der Waals surface area (Å²) in [5.74, 6) is 0. The standard InChI is InChI=1S/C14H19BrO4/c1-16-12-8-18-14(19-9-13(12)17-2)7-10-5-3-4-6-11(10)15/h3-6,12-14H,7-9H2,1-2H3/t12-,13-/m0/s1. The molecule has 0 N–H and O–H groups in total. The lowest BCUT2D eigenvalue weighted by Gasteiger charge is -2.20. The third-order valence-electron chi connectivity index (χ3n) is 3.26. The fraction of sp³-hybridized carbons (Fsp3) is 0.571. The summed E-state index contributed by atoms with van der Waals surface area (Å²) in [5, 5.41) is 0. The maximum atomic E-state index is 5.75. The first-order chi connectivity index (χ1) is 9.24. The highest BCUT2D eigenvalue weighted by Crippen LogP contribution is 2.21. The fourth-order valence-corrected chi connectivity index (χ4v) is 2.51. The number of hydrogen-bond acceptors (Lipinski definition) is 4. The molecular formula is C14H19BrO4. The highest BCUT2D eigenvalue weighted by Gasteiger charge is 2.28. The average Bonchev–Trinajstić information content (AvgIpc) is 2.63. The molecule has 1 aromatic carbocycles. The fourth-order valence-electron chi connectivity index (χ4n) is 2.07. The highest BCUT2D eigenvalue weighted by atomic mass is 79.9. The van der Waals surface area contributed by atoms with Crippen molar-refractivity contribution >= 4 is 15.9 Å². The van der Waals surface area contributed by atoms with Gasteiger partial charge in [-0.25, -0.2) is 0 Å². The molecule has 0 spiro atoms. The monoisotopic (exact) mass is 330 g/mol. The quantitative estimate of drug-likeness (QED) is 0.849. The first kappa shape index (κ1) is 14.9. The van der Waals surface area contributed by atoms with Gasteiger partial charge in [0.2, 0.25) is 0 Å². The van der Waals surface area contributed by atoms with Crippen LogP contribution in [0.3, 0.4) is 0 Å². The molecule has 1 aromatic rings. The van der Waals surface area contributed by atoms with E-state index in [4.69, 9.17) is 18.9 Å². The van der Waals surface area contributed by atoms with Gasteiger partial charge in [0.1, 0.15) is 12.2 Å². The van der Waals surface area contributed by atoms with Gasteiger partial charge in [0.05, 0.1) is 13.2 Å². The van der Waals surface area contributed by atoms with Crippen LogP contribution in [0.4, 0.5) is 0 Å². The maximum absolute atomic E-state index is 5.75. The normalized spacial score (nSPS) is 25.2. The number of methoxy groups -OCH3 is 2. The lowest BCUT2D eigenvalue weighted by atomic mass is 10.1. The molecule has 0 saturated carbocycles. The molecule has 0 radical (unpaired) electrons. The number of benzene rings is 1. The van der Waals surface area contributed by atoms with E-state index in [0.29, 0.717) is 19.6 Å². The Morgan fingerprint density at radius 2 is 1.68 bits per heavy atom. The minimum absolute atomic E-state index is 0.0887. The van der Waals surface area contributed by atoms with Crippen molar-refractivity contribution in [3.63, 3.8) is 0 Å². The minimum Gasteiger partial charge on any atom is -0.376 e. The van der Waals surface area contributed by atoms with Crippen molar-refractivity contribution in [3.05, 3.63) is 34.3 Å². The van der Waals surface area contributed by atoms with Crippen molar-refractivity contribution in [2.24, 2.45) is 0 Å². The molecule has 0 unspecified atom stereocenters. The number of ether oxygens (including phenoxy) is 4. The first-order valence-corrected chi connectivity index (χ1v) is 7.06. The molecule has 1 aliphatic rings. The van der Waals surface area contributed by atoms with Gasteiger partial charge < -0.3 is 18.9 Å². The Morgan fingerprint density at radius 3 is 2.21 bits per heavy atom. The summed E-state index contributed by atoms with van der Waals surface area (Å²) in [6.07, 6.45) is 0.258. The second-order valence-corrected chi connectivity index (χ2v) is 5.29. The Balaban J connectivity index is 1.97. The van der Waals surface area contributed by atoms with E-state index < -0.39 is 0 Å². The van der Waals surface area contributed by atoms with Gasteiger partial charge in [-0.1, -0.05) is 34.1 Å². The second-order valence-electron chi connectivity index (χ2n) is 4.44. The van der Waals surface area contributed by atoms with Crippen molar-refractivity contribution in [2.45, 2.75) is 24.9 Å². The van der Waals surface area contributed by atoms with E-state index in [1.165, 1.54) is 0 Å². The first-order valence-electron chi connectivity index (χ1n) is 6.26.